The number of carbonyl (C=O) groups is 1. The highest BCUT2D eigenvalue weighted by Crippen LogP contribution is 2.33. The Balaban J connectivity index is 1.25. The van der Waals surface area contributed by atoms with Gasteiger partial charge in [-0.2, -0.15) is 5.10 Å². The third-order valence-electron chi connectivity index (χ3n) is 5.47. The zero-order chi connectivity index (χ0) is 23.9. The van der Waals surface area contributed by atoms with Crippen LogP contribution in [0.2, 0.25) is 0 Å². The molecule has 0 aliphatic carbocycles. The molecule has 1 atom stereocenters. The van der Waals surface area contributed by atoms with E-state index in [2.05, 4.69) is 15.5 Å². The van der Waals surface area contributed by atoms with Crippen molar-refractivity contribution in [2.24, 2.45) is 0 Å². The number of rotatable bonds is 9. The van der Waals surface area contributed by atoms with Crippen LogP contribution in [0.25, 0.3) is 11.1 Å². The van der Waals surface area contributed by atoms with Gasteiger partial charge in [0.15, 0.2) is 11.5 Å². The van der Waals surface area contributed by atoms with E-state index in [-0.39, 0.29) is 12.5 Å². The van der Waals surface area contributed by atoms with Crippen LogP contribution in [0.4, 0.5) is 5.69 Å². The third-order valence-corrected chi connectivity index (χ3v) is 5.47. The third kappa shape index (κ3) is 5.62. The summed E-state index contributed by atoms with van der Waals surface area (Å²) < 4.78 is 23.3. The number of fused-ring (bicyclic) bond motifs is 1. The molecular formula is C27H25N3O5. The van der Waals surface area contributed by atoms with E-state index >= 15 is 0 Å². The first-order valence-electron chi connectivity index (χ1n) is 11.3. The number of anilines is 1. The number of para-hydroxylation sites is 2. The van der Waals surface area contributed by atoms with Crippen molar-refractivity contribution in [3.63, 3.8) is 0 Å². The number of benzene rings is 3. The van der Waals surface area contributed by atoms with Gasteiger partial charge in [0.1, 0.15) is 19.0 Å². The summed E-state index contributed by atoms with van der Waals surface area (Å²) in [7, 11) is 0. The van der Waals surface area contributed by atoms with Gasteiger partial charge < -0.3 is 24.3 Å². The standard InChI is InChI=1S/C27H25N3O5/c31-27(26-18-34-23-8-4-5-9-24(23)35-26)30-22-11-10-20(21-15-28-29-16-21)14-25(22)33-13-12-32-17-19-6-2-1-3-7-19/h1-11,14-16,26H,12-13,17-18H2,(H,28,29)(H,30,31). The molecule has 1 amide bonds. The number of amides is 1. The first-order chi connectivity index (χ1) is 17.3. The van der Waals surface area contributed by atoms with Crippen LogP contribution >= 0.6 is 0 Å². The molecule has 35 heavy (non-hydrogen) atoms. The van der Waals surface area contributed by atoms with Crippen molar-refractivity contribution in [3.05, 3.63) is 90.8 Å². The normalized spacial score (nSPS) is 14.3. The topological polar surface area (TPSA) is 94.7 Å². The van der Waals surface area contributed by atoms with Gasteiger partial charge in [-0.25, -0.2) is 0 Å². The van der Waals surface area contributed by atoms with Crippen molar-refractivity contribution in [3.8, 4) is 28.4 Å². The minimum absolute atomic E-state index is 0.124. The predicted octanol–water partition coefficient (Wildman–Crippen LogP) is 4.45. The SMILES string of the molecule is O=C(Nc1ccc(-c2cn[nH]c2)cc1OCCOCc1ccccc1)C1COc2ccccc2O1. The first-order valence-corrected chi connectivity index (χ1v) is 11.3. The maximum atomic E-state index is 13.0. The summed E-state index contributed by atoms with van der Waals surface area (Å²) in [6, 6.07) is 22.8. The molecule has 2 N–H and O–H groups in total. The Kier molecular flexibility index (Phi) is 6.91. The Morgan fingerprint density at radius 1 is 1.00 bits per heavy atom. The fourth-order valence-corrected chi connectivity index (χ4v) is 3.67. The van der Waals surface area contributed by atoms with Crippen molar-refractivity contribution < 1.29 is 23.7 Å². The molecule has 1 unspecified atom stereocenters. The van der Waals surface area contributed by atoms with E-state index in [1.54, 1.807) is 24.5 Å². The van der Waals surface area contributed by atoms with E-state index in [0.717, 1.165) is 16.7 Å². The highest BCUT2D eigenvalue weighted by Gasteiger charge is 2.28. The van der Waals surface area contributed by atoms with Crippen LogP contribution in [0, 0.1) is 0 Å². The quantitative estimate of drug-likeness (QED) is 0.350. The van der Waals surface area contributed by atoms with E-state index in [1.807, 2.05) is 60.7 Å². The lowest BCUT2D eigenvalue weighted by Gasteiger charge is -2.26. The molecule has 0 saturated heterocycles. The largest absolute Gasteiger partial charge is 0.489 e. The Hall–Kier alpha value is -4.30. The number of nitrogens with zero attached hydrogens (tertiary/aromatic N) is 1. The second kappa shape index (κ2) is 10.8. The number of ether oxygens (including phenoxy) is 4. The van der Waals surface area contributed by atoms with Crippen LogP contribution in [-0.2, 0) is 16.1 Å². The summed E-state index contributed by atoms with van der Waals surface area (Å²) in [6.07, 6.45) is 2.75. The van der Waals surface area contributed by atoms with Gasteiger partial charge in [-0.3, -0.25) is 9.89 Å². The lowest BCUT2D eigenvalue weighted by molar-refractivity contribution is -0.125. The fraction of sp³-hybridized carbons (Fsp3) is 0.185. The summed E-state index contributed by atoms with van der Waals surface area (Å²) in [5.41, 5.74) is 3.45. The maximum Gasteiger partial charge on any atom is 0.269 e. The number of aromatic nitrogens is 2. The van der Waals surface area contributed by atoms with Crippen LogP contribution in [0.1, 0.15) is 5.56 Å². The second-order valence-corrected chi connectivity index (χ2v) is 7.94. The van der Waals surface area contributed by atoms with Crippen molar-refractivity contribution in [2.75, 3.05) is 25.1 Å². The van der Waals surface area contributed by atoms with Gasteiger partial charge in [0.25, 0.3) is 5.91 Å². The molecule has 3 aromatic carbocycles. The van der Waals surface area contributed by atoms with Gasteiger partial charge >= 0.3 is 0 Å². The average molecular weight is 472 g/mol. The number of hydrogen-bond donors (Lipinski definition) is 2. The van der Waals surface area contributed by atoms with E-state index in [4.69, 9.17) is 18.9 Å². The van der Waals surface area contributed by atoms with Gasteiger partial charge in [0.05, 0.1) is 25.1 Å². The molecule has 1 aromatic heterocycles. The number of aromatic amines is 1. The van der Waals surface area contributed by atoms with Crippen molar-refractivity contribution in [1.82, 2.24) is 10.2 Å². The monoisotopic (exact) mass is 471 g/mol. The number of nitrogens with one attached hydrogen (secondary N) is 2. The van der Waals surface area contributed by atoms with E-state index < -0.39 is 6.10 Å². The molecule has 5 rings (SSSR count). The maximum absolute atomic E-state index is 13.0. The van der Waals surface area contributed by atoms with Gasteiger partial charge in [-0.15, -0.1) is 0 Å². The Bertz CT molecular complexity index is 1260. The Labute approximate surface area is 202 Å². The number of hydrogen-bond acceptors (Lipinski definition) is 6. The second-order valence-electron chi connectivity index (χ2n) is 7.94. The summed E-state index contributed by atoms with van der Waals surface area (Å²) in [5.74, 6) is 1.38. The number of H-pyrrole nitrogens is 1. The highest BCUT2D eigenvalue weighted by atomic mass is 16.6. The molecule has 8 nitrogen and oxygen atoms in total. The van der Waals surface area contributed by atoms with Crippen LogP contribution in [0.5, 0.6) is 17.2 Å². The molecule has 1 aliphatic rings. The molecular weight excluding hydrogens is 446 g/mol. The van der Waals surface area contributed by atoms with E-state index in [0.29, 0.717) is 42.8 Å². The van der Waals surface area contributed by atoms with Crippen LogP contribution in [-0.4, -0.2) is 42.0 Å². The summed E-state index contributed by atoms with van der Waals surface area (Å²) in [5, 5.41) is 9.74. The van der Waals surface area contributed by atoms with Crippen LogP contribution < -0.4 is 19.5 Å². The van der Waals surface area contributed by atoms with Crippen molar-refractivity contribution >= 4 is 11.6 Å². The zero-order valence-corrected chi connectivity index (χ0v) is 19.0. The average Bonchev–Trinajstić information content (AvgIpc) is 3.45. The predicted molar refractivity (Wildman–Crippen MR) is 131 cm³/mol. The summed E-state index contributed by atoms with van der Waals surface area (Å²) >= 11 is 0. The Morgan fingerprint density at radius 3 is 2.66 bits per heavy atom. The molecule has 0 spiro atoms. The molecule has 8 heteroatoms. The molecule has 4 aromatic rings. The molecule has 0 fully saturated rings. The molecule has 0 radical (unpaired) electrons. The van der Waals surface area contributed by atoms with Gasteiger partial charge in [-0.1, -0.05) is 48.5 Å². The highest BCUT2D eigenvalue weighted by molar-refractivity contribution is 5.96. The minimum atomic E-state index is -0.777. The van der Waals surface area contributed by atoms with Crippen LogP contribution in [0.3, 0.4) is 0 Å². The lowest BCUT2D eigenvalue weighted by Crippen LogP contribution is -2.40. The minimum Gasteiger partial charge on any atom is -0.489 e. The fourth-order valence-electron chi connectivity index (χ4n) is 3.67. The van der Waals surface area contributed by atoms with Gasteiger partial charge in [0, 0.05) is 11.8 Å². The summed E-state index contributed by atoms with van der Waals surface area (Å²) in [6.45, 7) is 1.35. The zero-order valence-electron chi connectivity index (χ0n) is 19.0. The van der Waals surface area contributed by atoms with E-state index in [1.165, 1.54) is 0 Å². The smallest absolute Gasteiger partial charge is 0.269 e. The molecule has 1 aliphatic heterocycles. The van der Waals surface area contributed by atoms with Crippen molar-refractivity contribution in [2.45, 2.75) is 12.7 Å². The van der Waals surface area contributed by atoms with E-state index in [9.17, 15) is 4.79 Å². The van der Waals surface area contributed by atoms with Crippen molar-refractivity contribution in [1.29, 1.82) is 0 Å². The first kappa shape index (κ1) is 22.5. The number of carbonyl (C=O) groups excluding carboxylic acids is 1. The van der Waals surface area contributed by atoms with Gasteiger partial charge in [0.2, 0.25) is 6.10 Å². The van der Waals surface area contributed by atoms with Gasteiger partial charge in [-0.05, 0) is 35.4 Å². The molecule has 178 valence electrons. The van der Waals surface area contributed by atoms with Crippen LogP contribution in [0.15, 0.2) is 85.2 Å². The molecule has 0 bridgehead atoms. The molecule has 0 saturated carbocycles. The Morgan fingerprint density at radius 2 is 1.83 bits per heavy atom. The summed E-state index contributed by atoms with van der Waals surface area (Å²) in [4.78, 5) is 13.0. The molecule has 2 heterocycles. The lowest BCUT2D eigenvalue weighted by atomic mass is 10.1.